The second kappa shape index (κ2) is 7.38. The lowest BCUT2D eigenvalue weighted by molar-refractivity contribution is 0.0906. The molecule has 22 heavy (non-hydrogen) atoms. The smallest absolute Gasteiger partial charge is 0.255 e. The van der Waals surface area contributed by atoms with Crippen molar-refractivity contribution in [1.29, 1.82) is 0 Å². The lowest BCUT2D eigenvalue weighted by Gasteiger charge is -2.29. The molecule has 122 valence electrons. The number of nitrogens with one attached hydrogen (secondary N) is 1. The van der Waals surface area contributed by atoms with Gasteiger partial charge in [0, 0.05) is 6.04 Å². The Hall–Kier alpha value is -1.91. The van der Waals surface area contributed by atoms with E-state index in [1.807, 2.05) is 0 Å². The Morgan fingerprint density at radius 1 is 1.05 bits per heavy atom. The van der Waals surface area contributed by atoms with E-state index in [1.54, 1.807) is 19.2 Å². The minimum atomic E-state index is -0.128. The third kappa shape index (κ3) is 3.29. The molecular weight excluding hydrogens is 282 g/mol. The van der Waals surface area contributed by atoms with Crippen LogP contribution in [0.1, 0.15) is 43.0 Å². The van der Waals surface area contributed by atoms with E-state index < -0.39 is 0 Å². The average molecular weight is 307 g/mol. The first-order valence-electron chi connectivity index (χ1n) is 7.72. The summed E-state index contributed by atoms with van der Waals surface area (Å²) in [6.45, 7) is 2.19. The molecule has 2 rings (SSSR count). The normalized spacial score (nSPS) is 21.1. The van der Waals surface area contributed by atoms with Crippen molar-refractivity contribution in [3.05, 3.63) is 17.7 Å². The van der Waals surface area contributed by atoms with Crippen LogP contribution in [-0.2, 0) is 0 Å². The zero-order chi connectivity index (χ0) is 16.1. The van der Waals surface area contributed by atoms with Crippen molar-refractivity contribution in [1.82, 2.24) is 5.32 Å². The quantitative estimate of drug-likeness (QED) is 0.908. The highest BCUT2D eigenvalue weighted by Gasteiger charge is 2.26. The molecule has 1 aromatic carbocycles. The molecule has 1 aliphatic rings. The van der Waals surface area contributed by atoms with E-state index in [1.165, 1.54) is 27.1 Å². The highest BCUT2D eigenvalue weighted by Crippen LogP contribution is 2.39. The maximum atomic E-state index is 12.6. The van der Waals surface area contributed by atoms with Gasteiger partial charge in [0.2, 0.25) is 5.75 Å². The van der Waals surface area contributed by atoms with Crippen LogP contribution in [-0.4, -0.2) is 33.3 Å². The summed E-state index contributed by atoms with van der Waals surface area (Å²) in [5.74, 6) is 1.76. The van der Waals surface area contributed by atoms with Crippen LogP contribution in [0.3, 0.4) is 0 Å². The van der Waals surface area contributed by atoms with Crippen LogP contribution in [0.4, 0.5) is 0 Å². The molecule has 0 radical (unpaired) electrons. The van der Waals surface area contributed by atoms with Gasteiger partial charge in [-0.1, -0.05) is 19.8 Å². The Balaban J connectivity index is 2.25. The van der Waals surface area contributed by atoms with Crippen molar-refractivity contribution in [2.24, 2.45) is 5.92 Å². The molecule has 1 N–H and O–H groups in total. The Morgan fingerprint density at radius 2 is 1.73 bits per heavy atom. The monoisotopic (exact) mass is 307 g/mol. The largest absolute Gasteiger partial charge is 0.493 e. The lowest BCUT2D eigenvalue weighted by Crippen LogP contribution is -2.41. The summed E-state index contributed by atoms with van der Waals surface area (Å²) in [5, 5.41) is 3.13. The standard InChI is InChI=1S/C17H25NO4/c1-11-7-5-6-8-13(11)18-17(19)12-9-10-14(20-2)16(22-4)15(12)21-3/h9-11,13H,5-8H2,1-4H3,(H,18,19)/t11-,13+/m1/s1. The fourth-order valence-electron chi connectivity index (χ4n) is 3.06. The molecule has 1 aliphatic carbocycles. The number of benzene rings is 1. The van der Waals surface area contributed by atoms with Gasteiger partial charge in [-0.2, -0.15) is 0 Å². The molecule has 0 bridgehead atoms. The van der Waals surface area contributed by atoms with Crippen molar-refractivity contribution in [2.75, 3.05) is 21.3 Å². The number of carbonyl (C=O) groups is 1. The minimum absolute atomic E-state index is 0.128. The van der Waals surface area contributed by atoms with Crippen molar-refractivity contribution < 1.29 is 19.0 Å². The van der Waals surface area contributed by atoms with E-state index in [0.29, 0.717) is 28.7 Å². The number of ether oxygens (including phenoxy) is 3. The number of methoxy groups -OCH3 is 3. The summed E-state index contributed by atoms with van der Waals surface area (Å²) >= 11 is 0. The first kappa shape index (κ1) is 16.5. The summed E-state index contributed by atoms with van der Waals surface area (Å²) in [6, 6.07) is 3.66. The Morgan fingerprint density at radius 3 is 2.32 bits per heavy atom. The van der Waals surface area contributed by atoms with Gasteiger partial charge in [0.05, 0.1) is 26.9 Å². The Bertz CT molecular complexity index is 530. The van der Waals surface area contributed by atoms with E-state index in [-0.39, 0.29) is 11.9 Å². The first-order valence-corrected chi connectivity index (χ1v) is 7.72. The van der Waals surface area contributed by atoms with Gasteiger partial charge in [-0.3, -0.25) is 4.79 Å². The molecule has 1 aromatic rings. The van der Waals surface area contributed by atoms with Gasteiger partial charge in [0.1, 0.15) is 0 Å². The SMILES string of the molecule is COc1ccc(C(=O)N[C@H]2CCCC[C@H]2C)c(OC)c1OC. The minimum Gasteiger partial charge on any atom is -0.493 e. The molecule has 5 nitrogen and oxygen atoms in total. The number of hydrogen-bond donors (Lipinski definition) is 1. The zero-order valence-electron chi connectivity index (χ0n) is 13.8. The maximum Gasteiger partial charge on any atom is 0.255 e. The van der Waals surface area contributed by atoms with Crippen molar-refractivity contribution >= 4 is 5.91 Å². The van der Waals surface area contributed by atoms with E-state index >= 15 is 0 Å². The molecule has 0 saturated heterocycles. The number of carbonyl (C=O) groups excluding carboxylic acids is 1. The summed E-state index contributed by atoms with van der Waals surface area (Å²) in [6.07, 6.45) is 4.60. The molecule has 1 fully saturated rings. The van der Waals surface area contributed by atoms with Crippen molar-refractivity contribution in [3.8, 4) is 17.2 Å². The van der Waals surface area contributed by atoms with Crippen LogP contribution in [0, 0.1) is 5.92 Å². The fraction of sp³-hybridized carbons (Fsp3) is 0.588. The molecule has 0 spiro atoms. The molecule has 0 heterocycles. The second-order valence-electron chi connectivity index (χ2n) is 5.72. The highest BCUT2D eigenvalue weighted by atomic mass is 16.5. The van der Waals surface area contributed by atoms with E-state index in [9.17, 15) is 4.79 Å². The van der Waals surface area contributed by atoms with Gasteiger partial charge in [-0.15, -0.1) is 0 Å². The predicted molar refractivity (Wildman–Crippen MR) is 85.0 cm³/mol. The Kier molecular flexibility index (Phi) is 5.52. The molecule has 0 unspecified atom stereocenters. The summed E-state index contributed by atoms with van der Waals surface area (Å²) in [7, 11) is 4.61. The van der Waals surface area contributed by atoms with Crippen LogP contribution < -0.4 is 19.5 Å². The van der Waals surface area contributed by atoms with E-state index in [4.69, 9.17) is 14.2 Å². The summed E-state index contributed by atoms with van der Waals surface area (Å²) in [4.78, 5) is 12.6. The molecular formula is C17H25NO4. The van der Waals surface area contributed by atoms with E-state index in [2.05, 4.69) is 12.2 Å². The van der Waals surface area contributed by atoms with Crippen LogP contribution in [0.25, 0.3) is 0 Å². The van der Waals surface area contributed by atoms with Gasteiger partial charge in [-0.25, -0.2) is 0 Å². The Labute approximate surface area is 131 Å². The number of amides is 1. The maximum absolute atomic E-state index is 12.6. The van der Waals surface area contributed by atoms with Crippen LogP contribution in [0.15, 0.2) is 12.1 Å². The molecule has 1 amide bonds. The van der Waals surface area contributed by atoms with Gasteiger partial charge in [0.15, 0.2) is 11.5 Å². The molecule has 0 aliphatic heterocycles. The first-order chi connectivity index (χ1) is 10.6. The van der Waals surface area contributed by atoms with Gasteiger partial charge in [-0.05, 0) is 30.9 Å². The van der Waals surface area contributed by atoms with Gasteiger partial charge < -0.3 is 19.5 Å². The summed E-state index contributed by atoms with van der Waals surface area (Å²) in [5.41, 5.74) is 0.470. The van der Waals surface area contributed by atoms with E-state index in [0.717, 1.165) is 12.8 Å². The summed E-state index contributed by atoms with van der Waals surface area (Å²) < 4.78 is 16.0. The molecule has 0 aromatic heterocycles. The average Bonchev–Trinajstić information content (AvgIpc) is 2.55. The van der Waals surface area contributed by atoms with Gasteiger partial charge in [0.25, 0.3) is 5.91 Å². The van der Waals surface area contributed by atoms with Crippen molar-refractivity contribution in [2.45, 2.75) is 38.6 Å². The number of hydrogen-bond acceptors (Lipinski definition) is 4. The van der Waals surface area contributed by atoms with Crippen LogP contribution >= 0.6 is 0 Å². The zero-order valence-corrected chi connectivity index (χ0v) is 13.8. The second-order valence-corrected chi connectivity index (χ2v) is 5.72. The molecule has 2 atom stereocenters. The van der Waals surface area contributed by atoms with Gasteiger partial charge >= 0.3 is 0 Å². The topological polar surface area (TPSA) is 56.8 Å². The molecule has 1 saturated carbocycles. The van der Waals surface area contributed by atoms with Crippen molar-refractivity contribution in [3.63, 3.8) is 0 Å². The third-order valence-corrected chi connectivity index (χ3v) is 4.38. The lowest BCUT2D eigenvalue weighted by atomic mass is 9.86. The predicted octanol–water partition coefficient (Wildman–Crippen LogP) is 3.02. The number of rotatable bonds is 5. The third-order valence-electron chi connectivity index (χ3n) is 4.38. The fourth-order valence-corrected chi connectivity index (χ4v) is 3.06. The highest BCUT2D eigenvalue weighted by molar-refractivity contribution is 5.98. The molecule has 5 heteroatoms. The van der Waals surface area contributed by atoms with Crippen LogP contribution in [0.5, 0.6) is 17.2 Å². The van der Waals surface area contributed by atoms with Crippen LogP contribution in [0.2, 0.25) is 0 Å².